The SMILES string of the molecule is Cc1noc(C2CCCN(C(=O)C3CCCN(C(=O)c4ccccc4OC(F)F)C3)C2)n1. The summed E-state index contributed by atoms with van der Waals surface area (Å²) in [5.41, 5.74) is 0.0747. The van der Waals surface area contributed by atoms with Crippen LogP contribution in [-0.2, 0) is 4.79 Å². The van der Waals surface area contributed by atoms with Gasteiger partial charge in [-0.15, -0.1) is 0 Å². The van der Waals surface area contributed by atoms with Crippen molar-refractivity contribution in [2.45, 2.75) is 45.1 Å². The monoisotopic (exact) mass is 448 g/mol. The molecular weight excluding hydrogens is 422 g/mol. The molecule has 0 spiro atoms. The van der Waals surface area contributed by atoms with E-state index in [9.17, 15) is 18.4 Å². The number of hydrogen-bond donors (Lipinski definition) is 0. The lowest BCUT2D eigenvalue weighted by Gasteiger charge is -2.37. The highest BCUT2D eigenvalue weighted by Gasteiger charge is 2.35. The van der Waals surface area contributed by atoms with Crippen LogP contribution in [0.3, 0.4) is 0 Å². The molecule has 2 saturated heterocycles. The van der Waals surface area contributed by atoms with Crippen LogP contribution < -0.4 is 4.74 Å². The van der Waals surface area contributed by atoms with Crippen molar-refractivity contribution >= 4 is 11.8 Å². The van der Waals surface area contributed by atoms with Crippen LogP contribution in [0.25, 0.3) is 0 Å². The van der Waals surface area contributed by atoms with Crippen LogP contribution in [0.5, 0.6) is 5.75 Å². The molecule has 0 N–H and O–H groups in total. The summed E-state index contributed by atoms with van der Waals surface area (Å²) >= 11 is 0. The molecule has 0 saturated carbocycles. The lowest BCUT2D eigenvalue weighted by atomic mass is 9.92. The van der Waals surface area contributed by atoms with Gasteiger partial charge in [-0.25, -0.2) is 0 Å². The minimum Gasteiger partial charge on any atom is -0.434 e. The molecule has 2 atom stereocenters. The van der Waals surface area contributed by atoms with Crippen LogP contribution in [0.4, 0.5) is 8.78 Å². The van der Waals surface area contributed by atoms with Crippen LogP contribution in [0, 0.1) is 12.8 Å². The van der Waals surface area contributed by atoms with Gasteiger partial charge in [0, 0.05) is 26.2 Å². The summed E-state index contributed by atoms with van der Waals surface area (Å²) in [7, 11) is 0. The summed E-state index contributed by atoms with van der Waals surface area (Å²) in [5, 5.41) is 3.84. The van der Waals surface area contributed by atoms with Gasteiger partial charge in [0.1, 0.15) is 5.75 Å². The van der Waals surface area contributed by atoms with Gasteiger partial charge in [-0.2, -0.15) is 13.8 Å². The summed E-state index contributed by atoms with van der Waals surface area (Å²) in [6, 6.07) is 5.95. The van der Waals surface area contributed by atoms with Crippen molar-refractivity contribution in [3.8, 4) is 5.75 Å². The van der Waals surface area contributed by atoms with Gasteiger partial charge in [-0.1, -0.05) is 17.3 Å². The van der Waals surface area contributed by atoms with E-state index in [-0.39, 0.29) is 35.6 Å². The Bertz CT molecular complexity index is 967. The Balaban J connectivity index is 1.42. The number of ether oxygens (including phenoxy) is 1. The number of carbonyl (C=O) groups is 2. The first-order chi connectivity index (χ1) is 15.4. The normalized spacial score (nSPS) is 21.6. The summed E-state index contributed by atoms with van der Waals surface area (Å²) in [6.07, 6.45) is 3.06. The molecule has 172 valence electrons. The number of aromatic nitrogens is 2. The maximum Gasteiger partial charge on any atom is 0.387 e. The van der Waals surface area contributed by atoms with Crippen molar-refractivity contribution < 1.29 is 27.6 Å². The number of alkyl halides is 2. The summed E-state index contributed by atoms with van der Waals surface area (Å²) in [5.74, 6) is 0.233. The molecule has 0 aliphatic carbocycles. The van der Waals surface area contributed by atoms with Crippen LogP contribution in [0.15, 0.2) is 28.8 Å². The highest BCUT2D eigenvalue weighted by atomic mass is 19.3. The van der Waals surface area contributed by atoms with Crippen LogP contribution in [0.1, 0.15) is 53.7 Å². The lowest BCUT2D eigenvalue weighted by Crippen LogP contribution is -2.49. The average molecular weight is 448 g/mol. The van der Waals surface area contributed by atoms with E-state index in [1.54, 1.807) is 17.9 Å². The zero-order valence-corrected chi connectivity index (χ0v) is 17.9. The summed E-state index contributed by atoms with van der Waals surface area (Å²) < 4.78 is 35.2. The number of hydrogen-bond acceptors (Lipinski definition) is 6. The summed E-state index contributed by atoms with van der Waals surface area (Å²) in [6.45, 7) is 0.622. The third kappa shape index (κ3) is 4.89. The largest absolute Gasteiger partial charge is 0.434 e. The maximum atomic E-state index is 13.2. The predicted molar refractivity (Wildman–Crippen MR) is 109 cm³/mol. The Kier molecular flexibility index (Phi) is 6.66. The van der Waals surface area contributed by atoms with E-state index in [1.165, 1.54) is 18.2 Å². The summed E-state index contributed by atoms with van der Waals surface area (Å²) in [4.78, 5) is 34.0. The second-order valence-corrected chi connectivity index (χ2v) is 8.27. The van der Waals surface area contributed by atoms with Gasteiger partial charge in [0.15, 0.2) is 5.82 Å². The molecule has 2 aromatic rings. The third-order valence-corrected chi connectivity index (χ3v) is 6.02. The molecule has 0 bridgehead atoms. The number of aryl methyl sites for hydroxylation is 1. The van der Waals surface area contributed by atoms with E-state index in [1.807, 2.05) is 4.90 Å². The molecule has 2 aliphatic rings. The van der Waals surface area contributed by atoms with Gasteiger partial charge < -0.3 is 19.1 Å². The maximum absolute atomic E-state index is 13.2. The van der Waals surface area contributed by atoms with E-state index in [4.69, 9.17) is 4.52 Å². The third-order valence-electron chi connectivity index (χ3n) is 6.02. The fraction of sp³-hybridized carbons (Fsp3) is 0.545. The fourth-order valence-electron chi connectivity index (χ4n) is 4.49. The Hall–Kier alpha value is -3.04. The topological polar surface area (TPSA) is 88.8 Å². The molecule has 2 aliphatic heterocycles. The smallest absolute Gasteiger partial charge is 0.387 e. The number of benzene rings is 1. The van der Waals surface area contributed by atoms with E-state index in [0.717, 1.165) is 12.8 Å². The first kappa shape index (κ1) is 22.2. The minimum atomic E-state index is -3.02. The zero-order valence-electron chi connectivity index (χ0n) is 17.9. The van der Waals surface area contributed by atoms with Crippen molar-refractivity contribution in [1.82, 2.24) is 19.9 Å². The van der Waals surface area contributed by atoms with Gasteiger partial charge in [-0.05, 0) is 44.7 Å². The van der Waals surface area contributed by atoms with Gasteiger partial charge >= 0.3 is 6.61 Å². The molecule has 1 aromatic heterocycles. The van der Waals surface area contributed by atoms with Gasteiger partial charge in [-0.3, -0.25) is 9.59 Å². The quantitative estimate of drug-likeness (QED) is 0.698. The standard InChI is InChI=1S/C22H26F2N4O4/c1-14-25-19(32-26-14)15-6-4-10-27(12-15)20(29)16-7-5-11-28(13-16)21(30)17-8-2-3-9-18(17)31-22(23)24/h2-3,8-9,15-16,22H,4-7,10-13H2,1H3. The number of halogens is 2. The van der Waals surface area contributed by atoms with Crippen LogP contribution in [-0.4, -0.2) is 64.5 Å². The second-order valence-electron chi connectivity index (χ2n) is 8.27. The molecular formula is C22H26F2N4O4. The molecule has 2 fully saturated rings. The highest BCUT2D eigenvalue weighted by Crippen LogP contribution is 2.29. The van der Waals surface area contributed by atoms with Crippen LogP contribution in [0.2, 0.25) is 0 Å². The number of carbonyl (C=O) groups excluding carboxylic acids is 2. The molecule has 2 amide bonds. The molecule has 3 heterocycles. The number of nitrogens with zero attached hydrogens (tertiary/aromatic N) is 4. The molecule has 4 rings (SSSR count). The average Bonchev–Trinajstić information content (AvgIpc) is 3.24. The number of rotatable bonds is 5. The minimum absolute atomic E-state index is 0.000512. The predicted octanol–water partition coefficient (Wildman–Crippen LogP) is 3.24. The Morgan fingerprint density at radius 3 is 2.62 bits per heavy atom. The first-order valence-corrected chi connectivity index (χ1v) is 10.8. The Morgan fingerprint density at radius 1 is 1.12 bits per heavy atom. The Morgan fingerprint density at radius 2 is 1.88 bits per heavy atom. The van der Waals surface area contributed by atoms with Crippen molar-refractivity contribution in [3.63, 3.8) is 0 Å². The molecule has 32 heavy (non-hydrogen) atoms. The van der Waals surface area contributed by atoms with Crippen molar-refractivity contribution in [2.24, 2.45) is 5.92 Å². The van der Waals surface area contributed by atoms with Gasteiger partial charge in [0.25, 0.3) is 5.91 Å². The van der Waals surface area contributed by atoms with Crippen molar-refractivity contribution in [1.29, 1.82) is 0 Å². The van der Waals surface area contributed by atoms with Crippen LogP contribution >= 0.6 is 0 Å². The molecule has 0 radical (unpaired) electrons. The first-order valence-electron chi connectivity index (χ1n) is 10.8. The Labute approximate surface area is 184 Å². The van der Waals surface area contributed by atoms with E-state index in [2.05, 4.69) is 14.9 Å². The second kappa shape index (κ2) is 9.62. The fourth-order valence-corrected chi connectivity index (χ4v) is 4.49. The molecule has 8 nitrogen and oxygen atoms in total. The van der Waals surface area contributed by atoms with Crippen molar-refractivity contribution in [2.75, 3.05) is 26.2 Å². The molecule has 1 aromatic carbocycles. The number of likely N-dealkylation sites (tertiary alicyclic amines) is 2. The number of para-hydroxylation sites is 1. The van der Waals surface area contributed by atoms with Gasteiger partial charge in [0.2, 0.25) is 11.8 Å². The molecule has 2 unspecified atom stereocenters. The number of amides is 2. The highest BCUT2D eigenvalue weighted by molar-refractivity contribution is 5.97. The number of piperidine rings is 2. The lowest BCUT2D eigenvalue weighted by molar-refractivity contribution is -0.138. The van der Waals surface area contributed by atoms with Crippen molar-refractivity contribution in [3.05, 3.63) is 41.5 Å². The van der Waals surface area contributed by atoms with E-state index < -0.39 is 12.5 Å². The van der Waals surface area contributed by atoms with Gasteiger partial charge in [0.05, 0.1) is 17.4 Å². The molecule has 10 heteroatoms. The van der Waals surface area contributed by atoms with E-state index >= 15 is 0 Å². The van der Waals surface area contributed by atoms with E-state index in [0.29, 0.717) is 44.2 Å². The zero-order chi connectivity index (χ0) is 22.7.